The van der Waals surface area contributed by atoms with E-state index in [0.29, 0.717) is 0 Å². The van der Waals surface area contributed by atoms with E-state index in [2.05, 4.69) is 22.6 Å². The molecule has 1 aromatic rings. The second-order valence-corrected chi connectivity index (χ2v) is 6.10. The normalized spacial score (nSPS) is 25.9. The van der Waals surface area contributed by atoms with Crippen LogP contribution in [-0.2, 0) is 0 Å². The lowest BCUT2D eigenvalue weighted by Gasteiger charge is -2.17. The van der Waals surface area contributed by atoms with Gasteiger partial charge in [0.2, 0.25) is 0 Å². The van der Waals surface area contributed by atoms with Gasteiger partial charge in [-0.2, -0.15) is 0 Å². The summed E-state index contributed by atoms with van der Waals surface area (Å²) in [5.74, 6) is 2.05. The molecular formula is C10H17N3S2. The van der Waals surface area contributed by atoms with Crippen LogP contribution in [0.1, 0.15) is 25.7 Å². The first-order valence-electron chi connectivity index (χ1n) is 5.46. The Balaban J connectivity index is 1.69. The predicted molar refractivity (Wildman–Crippen MR) is 65.4 cm³/mol. The van der Waals surface area contributed by atoms with Crippen LogP contribution in [0.4, 0.5) is 0 Å². The van der Waals surface area contributed by atoms with E-state index in [-0.39, 0.29) is 0 Å². The summed E-state index contributed by atoms with van der Waals surface area (Å²) >= 11 is 3.48. The van der Waals surface area contributed by atoms with E-state index in [4.69, 9.17) is 0 Å². The first kappa shape index (κ1) is 11.4. The average molecular weight is 243 g/mol. The van der Waals surface area contributed by atoms with Crippen LogP contribution in [0.15, 0.2) is 9.85 Å². The van der Waals surface area contributed by atoms with Crippen LogP contribution >= 0.6 is 23.1 Å². The first-order chi connectivity index (χ1) is 7.40. The molecule has 0 amide bonds. The fourth-order valence-electron chi connectivity index (χ4n) is 2.29. The minimum Gasteiger partial charge on any atom is -0.317 e. The van der Waals surface area contributed by atoms with Crippen molar-refractivity contribution in [2.24, 2.45) is 5.92 Å². The lowest BCUT2D eigenvalue weighted by Crippen LogP contribution is -2.29. The summed E-state index contributed by atoms with van der Waals surface area (Å²) in [5.41, 5.74) is 1.80. The Bertz CT molecular complexity index is 276. The molecule has 0 radical (unpaired) electrons. The molecule has 1 aliphatic carbocycles. The van der Waals surface area contributed by atoms with E-state index in [1.165, 1.54) is 31.4 Å². The van der Waals surface area contributed by atoms with Crippen molar-refractivity contribution < 1.29 is 0 Å². The smallest absolute Gasteiger partial charge is 0.174 e. The highest BCUT2D eigenvalue weighted by Gasteiger charge is 2.25. The maximum Gasteiger partial charge on any atom is 0.174 e. The molecule has 2 atom stereocenters. The average Bonchev–Trinajstić information content (AvgIpc) is 2.88. The van der Waals surface area contributed by atoms with Gasteiger partial charge >= 0.3 is 0 Å². The van der Waals surface area contributed by atoms with Crippen molar-refractivity contribution in [1.29, 1.82) is 0 Å². The van der Waals surface area contributed by atoms with Gasteiger partial charge in [-0.3, -0.25) is 0 Å². The predicted octanol–water partition coefficient (Wildman–Crippen LogP) is 2.41. The molecule has 84 valence electrons. The fourth-order valence-corrected chi connectivity index (χ4v) is 3.92. The third-order valence-electron chi connectivity index (χ3n) is 3.08. The zero-order chi connectivity index (χ0) is 10.5. The van der Waals surface area contributed by atoms with E-state index in [1.54, 1.807) is 16.8 Å². The summed E-state index contributed by atoms with van der Waals surface area (Å²) in [4.78, 5) is 0. The van der Waals surface area contributed by atoms with Crippen LogP contribution < -0.4 is 5.32 Å². The maximum absolute atomic E-state index is 4.04. The molecule has 2 unspecified atom stereocenters. The minimum absolute atomic E-state index is 0.750. The molecule has 1 aliphatic rings. The van der Waals surface area contributed by atoms with E-state index < -0.39 is 0 Å². The third-order valence-corrected chi connectivity index (χ3v) is 4.98. The van der Waals surface area contributed by atoms with E-state index >= 15 is 0 Å². The lowest BCUT2D eigenvalue weighted by atomic mass is 10.0. The number of hydrogen-bond acceptors (Lipinski definition) is 5. The number of thioether (sulfide) groups is 1. The molecule has 2 rings (SSSR count). The SMILES string of the molecule is CNC1CCCC1CCSc1nncs1. The van der Waals surface area contributed by atoms with Gasteiger partial charge in [-0.25, -0.2) is 0 Å². The Morgan fingerprint density at radius 2 is 2.53 bits per heavy atom. The Labute approximate surface area is 99.1 Å². The number of aromatic nitrogens is 2. The number of rotatable bonds is 5. The molecular weight excluding hydrogens is 226 g/mol. The topological polar surface area (TPSA) is 37.8 Å². The first-order valence-corrected chi connectivity index (χ1v) is 7.33. The molecule has 1 N–H and O–H groups in total. The van der Waals surface area contributed by atoms with Crippen LogP contribution in [0.25, 0.3) is 0 Å². The lowest BCUT2D eigenvalue weighted by molar-refractivity contribution is 0.417. The standard InChI is InChI=1S/C10H17N3S2/c1-11-9-4-2-3-8(9)5-6-14-10-13-12-7-15-10/h7-9,11H,2-6H2,1H3. The summed E-state index contributed by atoms with van der Waals surface area (Å²) < 4.78 is 1.11. The van der Waals surface area contributed by atoms with Crippen LogP contribution in [0.3, 0.4) is 0 Å². The Morgan fingerprint density at radius 1 is 1.60 bits per heavy atom. The van der Waals surface area contributed by atoms with Crippen LogP contribution in [0, 0.1) is 5.92 Å². The van der Waals surface area contributed by atoms with Crippen LogP contribution in [0.2, 0.25) is 0 Å². The van der Waals surface area contributed by atoms with Crippen LogP contribution in [0.5, 0.6) is 0 Å². The summed E-state index contributed by atoms with van der Waals surface area (Å²) in [6.07, 6.45) is 5.43. The zero-order valence-corrected chi connectivity index (χ0v) is 10.6. The Hall–Kier alpha value is -0.130. The summed E-state index contributed by atoms with van der Waals surface area (Å²) in [6.45, 7) is 0. The van der Waals surface area contributed by atoms with Crippen LogP contribution in [-0.4, -0.2) is 29.0 Å². The second-order valence-electron chi connectivity index (χ2n) is 3.93. The van der Waals surface area contributed by atoms with E-state index in [0.717, 1.165) is 16.3 Å². The van der Waals surface area contributed by atoms with Gasteiger partial charge in [0.15, 0.2) is 4.34 Å². The molecule has 0 aliphatic heterocycles. The van der Waals surface area contributed by atoms with Gasteiger partial charge in [-0.15, -0.1) is 10.2 Å². The minimum atomic E-state index is 0.750. The van der Waals surface area contributed by atoms with Crippen molar-refractivity contribution in [3.8, 4) is 0 Å². The van der Waals surface area contributed by atoms with Gasteiger partial charge in [0.25, 0.3) is 0 Å². The van der Waals surface area contributed by atoms with Gasteiger partial charge in [0.05, 0.1) is 0 Å². The van der Waals surface area contributed by atoms with Gasteiger partial charge in [-0.05, 0) is 32.2 Å². The van der Waals surface area contributed by atoms with Crippen molar-refractivity contribution in [3.05, 3.63) is 5.51 Å². The number of hydrogen-bond donors (Lipinski definition) is 1. The fraction of sp³-hybridized carbons (Fsp3) is 0.800. The molecule has 1 saturated carbocycles. The summed E-state index contributed by atoms with van der Waals surface area (Å²) in [7, 11) is 2.08. The molecule has 0 spiro atoms. The summed E-state index contributed by atoms with van der Waals surface area (Å²) in [5, 5.41) is 11.3. The van der Waals surface area contributed by atoms with Crippen molar-refractivity contribution >= 4 is 23.1 Å². The number of nitrogens with zero attached hydrogens (tertiary/aromatic N) is 2. The maximum atomic E-state index is 4.04. The van der Waals surface area contributed by atoms with Crippen molar-refractivity contribution in [2.45, 2.75) is 36.1 Å². The van der Waals surface area contributed by atoms with E-state index in [1.807, 2.05) is 11.8 Å². The highest BCUT2D eigenvalue weighted by Crippen LogP contribution is 2.30. The highest BCUT2D eigenvalue weighted by molar-refractivity contribution is 8.00. The quantitative estimate of drug-likeness (QED) is 0.806. The Morgan fingerprint density at radius 3 is 3.27 bits per heavy atom. The van der Waals surface area contributed by atoms with Crippen molar-refractivity contribution in [1.82, 2.24) is 15.5 Å². The largest absolute Gasteiger partial charge is 0.317 e. The molecule has 0 aromatic carbocycles. The molecule has 0 bridgehead atoms. The second kappa shape index (κ2) is 5.82. The molecule has 15 heavy (non-hydrogen) atoms. The molecule has 0 saturated heterocycles. The van der Waals surface area contributed by atoms with Gasteiger partial charge in [0, 0.05) is 11.8 Å². The van der Waals surface area contributed by atoms with Crippen molar-refractivity contribution in [3.63, 3.8) is 0 Å². The van der Waals surface area contributed by atoms with Gasteiger partial charge in [0.1, 0.15) is 5.51 Å². The molecule has 1 heterocycles. The molecule has 5 heteroatoms. The third kappa shape index (κ3) is 3.16. The molecule has 1 fully saturated rings. The Kier molecular flexibility index (Phi) is 4.41. The monoisotopic (exact) mass is 243 g/mol. The van der Waals surface area contributed by atoms with E-state index in [9.17, 15) is 0 Å². The van der Waals surface area contributed by atoms with Gasteiger partial charge in [-0.1, -0.05) is 29.5 Å². The summed E-state index contributed by atoms with van der Waals surface area (Å²) in [6, 6.07) is 0.750. The highest BCUT2D eigenvalue weighted by atomic mass is 32.2. The zero-order valence-electron chi connectivity index (χ0n) is 8.98. The van der Waals surface area contributed by atoms with Crippen molar-refractivity contribution in [2.75, 3.05) is 12.8 Å². The number of nitrogens with one attached hydrogen (secondary N) is 1. The molecule has 1 aromatic heterocycles. The molecule has 3 nitrogen and oxygen atoms in total. The van der Waals surface area contributed by atoms with Gasteiger partial charge < -0.3 is 5.32 Å².